The molecule has 0 amide bonds. The van der Waals surface area contributed by atoms with Crippen molar-refractivity contribution >= 4 is 0 Å². The standard InChI is InChI=1S/C16H29N3O/c1-4-9-17-12-14-15(5-2)18-19(16(14)6-3)13-7-10-20-11-8-13/h13,17H,4-12H2,1-3H3. The van der Waals surface area contributed by atoms with Crippen molar-refractivity contribution in [3.05, 3.63) is 17.0 Å². The van der Waals surface area contributed by atoms with Gasteiger partial charge in [0.1, 0.15) is 0 Å². The summed E-state index contributed by atoms with van der Waals surface area (Å²) in [5.41, 5.74) is 4.14. The molecule has 4 heteroatoms. The minimum absolute atomic E-state index is 0.531. The van der Waals surface area contributed by atoms with Crippen LogP contribution in [0.25, 0.3) is 0 Å². The molecule has 1 aliphatic rings. The van der Waals surface area contributed by atoms with Crippen LogP contribution in [0.2, 0.25) is 0 Å². The molecule has 0 atom stereocenters. The highest BCUT2D eigenvalue weighted by Crippen LogP contribution is 2.26. The van der Waals surface area contributed by atoms with E-state index < -0.39 is 0 Å². The van der Waals surface area contributed by atoms with Gasteiger partial charge in [-0.25, -0.2) is 0 Å². The van der Waals surface area contributed by atoms with Crippen LogP contribution in [0.5, 0.6) is 0 Å². The summed E-state index contributed by atoms with van der Waals surface area (Å²) in [6.07, 6.45) is 5.45. The van der Waals surface area contributed by atoms with E-state index in [0.29, 0.717) is 6.04 Å². The van der Waals surface area contributed by atoms with Crippen LogP contribution in [0.1, 0.15) is 63.0 Å². The van der Waals surface area contributed by atoms with Gasteiger partial charge in [-0.15, -0.1) is 0 Å². The van der Waals surface area contributed by atoms with Crippen molar-refractivity contribution in [3.63, 3.8) is 0 Å². The molecule has 0 unspecified atom stereocenters. The quantitative estimate of drug-likeness (QED) is 0.780. The first-order valence-corrected chi connectivity index (χ1v) is 8.19. The van der Waals surface area contributed by atoms with Crippen LogP contribution < -0.4 is 5.32 Å². The molecule has 1 fully saturated rings. The topological polar surface area (TPSA) is 39.1 Å². The fourth-order valence-electron chi connectivity index (χ4n) is 3.04. The van der Waals surface area contributed by atoms with Crippen LogP contribution in [0.15, 0.2) is 0 Å². The number of hydrogen-bond donors (Lipinski definition) is 1. The second-order valence-corrected chi connectivity index (χ2v) is 5.54. The van der Waals surface area contributed by atoms with Crippen molar-refractivity contribution in [2.45, 2.75) is 65.5 Å². The Bertz CT molecular complexity index is 408. The molecule has 1 N–H and O–H groups in total. The molecular weight excluding hydrogens is 250 g/mol. The van der Waals surface area contributed by atoms with E-state index in [2.05, 4.69) is 30.8 Å². The van der Waals surface area contributed by atoms with Crippen LogP contribution in [-0.2, 0) is 24.1 Å². The molecule has 1 aromatic heterocycles. The van der Waals surface area contributed by atoms with Gasteiger partial charge in [0.2, 0.25) is 0 Å². The summed E-state index contributed by atoms with van der Waals surface area (Å²) in [5, 5.41) is 8.46. The van der Waals surface area contributed by atoms with Crippen molar-refractivity contribution in [3.8, 4) is 0 Å². The zero-order valence-corrected chi connectivity index (χ0v) is 13.2. The van der Waals surface area contributed by atoms with Crippen molar-refractivity contribution in [1.29, 1.82) is 0 Å². The molecule has 2 heterocycles. The van der Waals surface area contributed by atoms with Crippen molar-refractivity contribution in [2.75, 3.05) is 19.8 Å². The van der Waals surface area contributed by atoms with Gasteiger partial charge in [0.05, 0.1) is 11.7 Å². The lowest BCUT2D eigenvalue weighted by molar-refractivity contribution is 0.0653. The van der Waals surface area contributed by atoms with Crippen molar-refractivity contribution in [2.24, 2.45) is 0 Å². The van der Waals surface area contributed by atoms with Crippen molar-refractivity contribution < 1.29 is 4.74 Å². The predicted molar refractivity (Wildman–Crippen MR) is 82.1 cm³/mol. The highest BCUT2D eigenvalue weighted by molar-refractivity contribution is 5.27. The zero-order valence-electron chi connectivity index (χ0n) is 13.2. The number of nitrogens with zero attached hydrogens (tertiary/aromatic N) is 2. The van der Waals surface area contributed by atoms with Gasteiger partial charge in [0.15, 0.2) is 0 Å². The monoisotopic (exact) mass is 279 g/mol. The molecule has 0 aromatic carbocycles. The molecule has 1 saturated heterocycles. The Morgan fingerprint density at radius 3 is 2.55 bits per heavy atom. The lowest BCUT2D eigenvalue weighted by atomic mass is 10.1. The first-order valence-electron chi connectivity index (χ1n) is 8.19. The predicted octanol–water partition coefficient (Wildman–Crippen LogP) is 2.86. The summed E-state index contributed by atoms with van der Waals surface area (Å²) in [6.45, 7) is 10.4. The van der Waals surface area contributed by atoms with E-state index in [1.807, 2.05) is 0 Å². The van der Waals surface area contributed by atoms with E-state index in [1.165, 1.54) is 23.4 Å². The summed E-state index contributed by atoms with van der Waals surface area (Å²) in [5.74, 6) is 0. The zero-order chi connectivity index (χ0) is 14.4. The van der Waals surface area contributed by atoms with Crippen molar-refractivity contribution in [1.82, 2.24) is 15.1 Å². The van der Waals surface area contributed by atoms with Crippen LogP contribution in [-0.4, -0.2) is 29.5 Å². The van der Waals surface area contributed by atoms with E-state index in [9.17, 15) is 0 Å². The Kier molecular flexibility index (Phi) is 6.05. The fourth-order valence-corrected chi connectivity index (χ4v) is 3.04. The van der Waals surface area contributed by atoms with Crippen LogP contribution >= 0.6 is 0 Å². The van der Waals surface area contributed by atoms with Gasteiger partial charge in [-0.2, -0.15) is 5.10 Å². The number of aryl methyl sites for hydroxylation is 1. The normalized spacial score (nSPS) is 16.8. The van der Waals surface area contributed by atoms with Gasteiger partial charge < -0.3 is 10.1 Å². The third kappa shape index (κ3) is 3.41. The number of hydrogen-bond acceptors (Lipinski definition) is 3. The minimum atomic E-state index is 0.531. The van der Waals surface area contributed by atoms with Gasteiger partial charge >= 0.3 is 0 Å². The van der Waals surface area contributed by atoms with Gasteiger partial charge in [0, 0.05) is 31.0 Å². The average molecular weight is 279 g/mol. The fraction of sp³-hybridized carbons (Fsp3) is 0.812. The number of aromatic nitrogens is 2. The summed E-state index contributed by atoms with van der Waals surface area (Å²) in [4.78, 5) is 0. The lowest BCUT2D eigenvalue weighted by Crippen LogP contribution is -2.22. The maximum atomic E-state index is 5.48. The Morgan fingerprint density at radius 2 is 1.95 bits per heavy atom. The van der Waals surface area contributed by atoms with Gasteiger partial charge in [-0.3, -0.25) is 4.68 Å². The number of ether oxygens (including phenoxy) is 1. The highest BCUT2D eigenvalue weighted by Gasteiger charge is 2.22. The van der Waals surface area contributed by atoms with Crippen LogP contribution in [0.3, 0.4) is 0 Å². The Balaban J connectivity index is 2.22. The molecule has 114 valence electrons. The first-order chi connectivity index (χ1) is 9.81. The maximum absolute atomic E-state index is 5.48. The molecule has 0 saturated carbocycles. The van der Waals surface area contributed by atoms with Gasteiger partial charge in [-0.1, -0.05) is 20.8 Å². The SMILES string of the molecule is CCCNCc1c(CC)nn(C2CCOCC2)c1CC. The first kappa shape index (κ1) is 15.5. The molecule has 1 aliphatic heterocycles. The Hall–Kier alpha value is -0.870. The summed E-state index contributed by atoms with van der Waals surface area (Å²) < 4.78 is 7.79. The Morgan fingerprint density at radius 1 is 1.20 bits per heavy atom. The third-order valence-corrected chi connectivity index (χ3v) is 4.14. The average Bonchev–Trinajstić information content (AvgIpc) is 2.86. The minimum Gasteiger partial charge on any atom is -0.381 e. The molecule has 0 spiro atoms. The molecular formula is C16H29N3O. The summed E-state index contributed by atoms with van der Waals surface area (Å²) in [6, 6.07) is 0.531. The molecule has 4 nitrogen and oxygen atoms in total. The van der Waals surface area contributed by atoms with E-state index in [-0.39, 0.29) is 0 Å². The molecule has 0 radical (unpaired) electrons. The smallest absolute Gasteiger partial charge is 0.0669 e. The maximum Gasteiger partial charge on any atom is 0.0669 e. The molecule has 0 bridgehead atoms. The number of nitrogens with one attached hydrogen (secondary N) is 1. The number of rotatable bonds is 7. The third-order valence-electron chi connectivity index (χ3n) is 4.14. The molecule has 1 aromatic rings. The van der Waals surface area contributed by atoms with Crippen LogP contribution in [0.4, 0.5) is 0 Å². The highest BCUT2D eigenvalue weighted by atomic mass is 16.5. The van der Waals surface area contributed by atoms with Gasteiger partial charge in [0.25, 0.3) is 0 Å². The second-order valence-electron chi connectivity index (χ2n) is 5.54. The largest absolute Gasteiger partial charge is 0.381 e. The van der Waals surface area contributed by atoms with Gasteiger partial charge in [-0.05, 0) is 38.6 Å². The Labute approximate surface area is 122 Å². The van der Waals surface area contributed by atoms with E-state index in [1.54, 1.807) is 0 Å². The molecule has 2 rings (SSSR count). The molecule has 20 heavy (non-hydrogen) atoms. The van der Waals surface area contributed by atoms with E-state index >= 15 is 0 Å². The summed E-state index contributed by atoms with van der Waals surface area (Å²) >= 11 is 0. The van der Waals surface area contributed by atoms with E-state index in [0.717, 1.165) is 52.0 Å². The van der Waals surface area contributed by atoms with Crippen LogP contribution in [0, 0.1) is 0 Å². The lowest BCUT2D eigenvalue weighted by Gasteiger charge is -2.24. The van der Waals surface area contributed by atoms with E-state index in [4.69, 9.17) is 9.84 Å². The second kappa shape index (κ2) is 7.79. The summed E-state index contributed by atoms with van der Waals surface area (Å²) in [7, 11) is 0. The molecule has 0 aliphatic carbocycles.